The third kappa shape index (κ3) is 1.76. The highest BCUT2D eigenvalue weighted by atomic mass is 19.4. The van der Waals surface area contributed by atoms with Gasteiger partial charge in [0.2, 0.25) is 5.91 Å². The molecule has 2 aliphatic rings. The summed E-state index contributed by atoms with van der Waals surface area (Å²) in [5.74, 6) is -3.37. The Kier molecular flexibility index (Phi) is 2.57. The first-order valence-electron chi connectivity index (χ1n) is 6.03. The average Bonchev–Trinajstić information content (AvgIpc) is 3.00. The fourth-order valence-electron chi connectivity index (χ4n) is 2.92. The van der Waals surface area contributed by atoms with Crippen molar-refractivity contribution in [1.82, 2.24) is 0 Å². The number of amides is 1. The fourth-order valence-corrected chi connectivity index (χ4v) is 2.92. The van der Waals surface area contributed by atoms with Crippen LogP contribution in [-0.4, -0.2) is 23.5 Å². The van der Waals surface area contributed by atoms with Gasteiger partial charge in [0.15, 0.2) is 0 Å². The summed E-state index contributed by atoms with van der Waals surface area (Å²) in [6, 6.07) is 4.84. The summed E-state index contributed by atoms with van der Waals surface area (Å²) in [5, 5.41) is 8.87. The van der Waals surface area contributed by atoms with Gasteiger partial charge in [-0.25, -0.2) is 0 Å². The molecule has 1 saturated heterocycles. The van der Waals surface area contributed by atoms with E-state index in [1.807, 2.05) is 0 Å². The summed E-state index contributed by atoms with van der Waals surface area (Å²) in [6.07, 6.45) is -4.55. The maximum Gasteiger partial charge on any atom is 0.418 e. The van der Waals surface area contributed by atoms with Gasteiger partial charge in [-0.05, 0) is 12.1 Å². The van der Waals surface area contributed by atoms with E-state index in [0.717, 1.165) is 11.0 Å². The van der Waals surface area contributed by atoms with Crippen LogP contribution in [-0.2, 0) is 15.8 Å². The summed E-state index contributed by atoms with van der Waals surface area (Å²) in [5.41, 5.74) is -1.07. The Hall–Kier alpha value is -2.05. The number of carboxylic acids is 1. The number of para-hydroxylation sites is 1. The predicted octanol–water partition coefficient (Wildman–Crippen LogP) is 2.00. The Morgan fingerprint density at radius 3 is 2.45 bits per heavy atom. The summed E-state index contributed by atoms with van der Waals surface area (Å²) in [6.45, 7) is 0.0353. The molecule has 3 unspecified atom stereocenters. The Balaban J connectivity index is 1.91. The van der Waals surface area contributed by atoms with E-state index in [9.17, 15) is 22.8 Å². The van der Waals surface area contributed by atoms with Crippen LogP contribution in [0.3, 0.4) is 0 Å². The van der Waals surface area contributed by atoms with E-state index in [1.165, 1.54) is 18.2 Å². The van der Waals surface area contributed by atoms with Crippen LogP contribution in [0, 0.1) is 17.8 Å². The molecule has 1 aromatic rings. The molecule has 1 aliphatic heterocycles. The van der Waals surface area contributed by atoms with Gasteiger partial charge in [-0.15, -0.1) is 0 Å². The second kappa shape index (κ2) is 3.97. The molecule has 3 atom stereocenters. The molecular formula is C13H10F3NO3. The van der Waals surface area contributed by atoms with Crippen LogP contribution in [0.25, 0.3) is 0 Å². The van der Waals surface area contributed by atoms with Crippen LogP contribution in [0.1, 0.15) is 5.56 Å². The SMILES string of the molecule is O=C(O)C1C2CN(c3ccccc3C(F)(F)F)C(=O)C21. The average molecular weight is 285 g/mol. The molecule has 3 rings (SSSR count). The quantitative estimate of drug-likeness (QED) is 0.904. The molecule has 1 amide bonds. The smallest absolute Gasteiger partial charge is 0.418 e. The standard InChI is InChI=1S/C13H10F3NO3/c14-13(15,16)7-3-1-2-4-8(7)17-5-6-9(11(17)18)10(6)12(19)20/h1-4,6,9-10H,5H2,(H,19,20). The number of piperidine rings is 1. The number of hydrogen-bond acceptors (Lipinski definition) is 2. The van der Waals surface area contributed by atoms with Crippen molar-refractivity contribution in [3.63, 3.8) is 0 Å². The number of rotatable bonds is 2. The van der Waals surface area contributed by atoms with Gasteiger partial charge in [0.05, 0.1) is 23.1 Å². The zero-order valence-corrected chi connectivity index (χ0v) is 10.1. The van der Waals surface area contributed by atoms with Gasteiger partial charge < -0.3 is 10.0 Å². The van der Waals surface area contributed by atoms with E-state index < -0.39 is 35.5 Å². The van der Waals surface area contributed by atoms with Crippen LogP contribution < -0.4 is 4.90 Å². The summed E-state index contributed by atoms with van der Waals surface area (Å²) in [7, 11) is 0. The van der Waals surface area contributed by atoms with E-state index in [2.05, 4.69) is 0 Å². The number of nitrogens with zero attached hydrogens (tertiary/aromatic N) is 1. The predicted molar refractivity (Wildman–Crippen MR) is 61.9 cm³/mol. The van der Waals surface area contributed by atoms with Crippen LogP contribution in [0.4, 0.5) is 18.9 Å². The van der Waals surface area contributed by atoms with Crippen molar-refractivity contribution in [2.24, 2.45) is 17.8 Å². The van der Waals surface area contributed by atoms with E-state index in [-0.39, 0.29) is 18.2 Å². The number of carbonyl (C=O) groups excluding carboxylic acids is 1. The lowest BCUT2D eigenvalue weighted by Gasteiger charge is -2.23. The number of hydrogen-bond donors (Lipinski definition) is 1. The molecule has 0 aromatic heterocycles. The number of fused-ring (bicyclic) bond motifs is 1. The van der Waals surface area contributed by atoms with Crippen molar-refractivity contribution in [1.29, 1.82) is 0 Å². The molecule has 0 spiro atoms. The van der Waals surface area contributed by atoms with Gasteiger partial charge in [0.1, 0.15) is 0 Å². The largest absolute Gasteiger partial charge is 0.481 e. The second-order valence-corrected chi connectivity index (χ2v) is 5.02. The minimum Gasteiger partial charge on any atom is -0.481 e. The molecule has 1 aliphatic carbocycles. The molecule has 1 heterocycles. The fraction of sp³-hybridized carbons (Fsp3) is 0.385. The van der Waals surface area contributed by atoms with Gasteiger partial charge in [0, 0.05) is 12.5 Å². The maximum atomic E-state index is 12.9. The second-order valence-electron chi connectivity index (χ2n) is 5.02. The van der Waals surface area contributed by atoms with Crippen LogP contribution in [0.15, 0.2) is 24.3 Å². The van der Waals surface area contributed by atoms with Crippen molar-refractivity contribution in [2.75, 3.05) is 11.4 Å². The zero-order valence-electron chi connectivity index (χ0n) is 10.1. The third-order valence-electron chi connectivity index (χ3n) is 3.90. The van der Waals surface area contributed by atoms with Crippen LogP contribution >= 0.6 is 0 Å². The Morgan fingerprint density at radius 1 is 1.30 bits per heavy atom. The Morgan fingerprint density at radius 2 is 1.95 bits per heavy atom. The van der Waals surface area contributed by atoms with E-state index in [0.29, 0.717) is 0 Å². The van der Waals surface area contributed by atoms with E-state index in [4.69, 9.17) is 5.11 Å². The van der Waals surface area contributed by atoms with Gasteiger partial charge in [-0.2, -0.15) is 13.2 Å². The van der Waals surface area contributed by atoms with Gasteiger partial charge in [0.25, 0.3) is 0 Å². The molecule has 4 nitrogen and oxygen atoms in total. The lowest BCUT2D eigenvalue weighted by atomic mass is 10.1. The lowest BCUT2D eigenvalue weighted by molar-refractivity contribution is -0.141. The molecule has 0 bridgehead atoms. The minimum absolute atomic E-state index is 0.0353. The van der Waals surface area contributed by atoms with Crippen LogP contribution in [0.2, 0.25) is 0 Å². The number of benzene rings is 1. The van der Waals surface area contributed by atoms with Crippen molar-refractivity contribution in [3.8, 4) is 0 Å². The van der Waals surface area contributed by atoms with Crippen molar-refractivity contribution in [3.05, 3.63) is 29.8 Å². The Bertz CT molecular complexity index is 599. The summed E-state index contributed by atoms with van der Waals surface area (Å²) >= 11 is 0. The number of halogens is 3. The number of carbonyl (C=O) groups is 2. The first-order valence-corrected chi connectivity index (χ1v) is 6.03. The number of anilines is 1. The normalized spacial score (nSPS) is 28.4. The minimum atomic E-state index is -4.55. The van der Waals surface area contributed by atoms with Crippen molar-refractivity contribution in [2.45, 2.75) is 6.18 Å². The number of aliphatic carboxylic acids is 1. The number of carboxylic acid groups (broad SMARTS) is 1. The van der Waals surface area contributed by atoms with Crippen LogP contribution in [0.5, 0.6) is 0 Å². The molecule has 1 saturated carbocycles. The molecule has 20 heavy (non-hydrogen) atoms. The van der Waals surface area contributed by atoms with Gasteiger partial charge in [-0.3, -0.25) is 9.59 Å². The summed E-state index contributed by atoms with van der Waals surface area (Å²) in [4.78, 5) is 23.9. The highest BCUT2D eigenvalue weighted by Crippen LogP contribution is 2.54. The molecule has 7 heteroatoms. The Labute approximate surface area is 111 Å². The van der Waals surface area contributed by atoms with Gasteiger partial charge in [-0.1, -0.05) is 12.1 Å². The summed E-state index contributed by atoms with van der Waals surface area (Å²) < 4.78 is 38.7. The molecule has 106 valence electrons. The van der Waals surface area contributed by atoms with E-state index in [1.54, 1.807) is 0 Å². The first-order chi connectivity index (χ1) is 9.32. The van der Waals surface area contributed by atoms with Crippen molar-refractivity contribution >= 4 is 17.6 Å². The molecule has 1 N–H and O–H groups in total. The topological polar surface area (TPSA) is 57.6 Å². The number of alkyl halides is 3. The molecule has 1 aromatic carbocycles. The van der Waals surface area contributed by atoms with E-state index >= 15 is 0 Å². The highest BCUT2D eigenvalue weighted by Gasteiger charge is 2.65. The monoisotopic (exact) mass is 285 g/mol. The van der Waals surface area contributed by atoms with Gasteiger partial charge >= 0.3 is 12.1 Å². The molecule has 2 fully saturated rings. The highest BCUT2D eigenvalue weighted by molar-refractivity contribution is 6.04. The lowest BCUT2D eigenvalue weighted by Crippen LogP contribution is -2.33. The third-order valence-corrected chi connectivity index (χ3v) is 3.90. The molecular weight excluding hydrogens is 275 g/mol. The first kappa shape index (κ1) is 13.0. The zero-order chi connectivity index (χ0) is 14.7. The molecule has 0 radical (unpaired) electrons. The maximum absolute atomic E-state index is 12.9. The van der Waals surface area contributed by atoms with Crippen molar-refractivity contribution < 1.29 is 27.9 Å².